The Bertz CT molecular complexity index is 399. The first-order valence-electron chi connectivity index (χ1n) is 4.18. The fourth-order valence-electron chi connectivity index (χ4n) is 1.05. The van der Waals surface area contributed by atoms with Gasteiger partial charge >= 0.3 is 0 Å². The van der Waals surface area contributed by atoms with Gasteiger partial charge in [0.2, 0.25) is 0 Å². The van der Waals surface area contributed by atoms with Crippen molar-refractivity contribution in [2.24, 2.45) is 0 Å². The summed E-state index contributed by atoms with van der Waals surface area (Å²) in [6.45, 7) is 0. The minimum atomic E-state index is -0.208. The van der Waals surface area contributed by atoms with Crippen LogP contribution in [-0.4, -0.2) is 4.98 Å². The van der Waals surface area contributed by atoms with Gasteiger partial charge in [-0.2, -0.15) is 0 Å². The van der Waals surface area contributed by atoms with Crippen LogP contribution >= 0.6 is 11.8 Å². The van der Waals surface area contributed by atoms with Crippen LogP contribution in [-0.2, 0) is 0 Å². The molecule has 14 heavy (non-hydrogen) atoms. The number of nitrogens with zero attached hydrogens (tertiary/aromatic N) is 1. The standard InChI is InChI=1S/C11H8FNS/c12-9-3-5-10(6-4-9)14-11-2-1-7-13-8-11/h1-8H. The van der Waals surface area contributed by atoms with Gasteiger partial charge in [0.15, 0.2) is 0 Å². The first kappa shape index (κ1) is 9.21. The molecular weight excluding hydrogens is 197 g/mol. The number of hydrogen-bond donors (Lipinski definition) is 0. The second-order valence-electron chi connectivity index (χ2n) is 2.74. The number of pyridine rings is 1. The van der Waals surface area contributed by atoms with Crippen molar-refractivity contribution in [3.8, 4) is 0 Å². The van der Waals surface area contributed by atoms with Crippen LogP contribution in [0, 0.1) is 5.82 Å². The molecule has 0 saturated carbocycles. The molecule has 0 aliphatic carbocycles. The largest absolute Gasteiger partial charge is 0.264 e. The van der Waals surface area contributed by atoms with Crippen LogP contribution in [0.25, 0.3) is 0 Å². The molecule has 0 fully saturated rings. The summed E-state index contributed by atoms with van der Waals surface area (Å²) in [6, 6.07) is 10.3. The first-order chi connectivity index (χ1) is 6.84. The second-order valence-corrected chi connectivity index (χ2v) is 3.89. The van der Waals surface area contributed by atoms with Gasteiger partial charge in [-0.05, 0) is 36.4 Å². The highest BCUT2D eigenvalue weighted by atomic mass is 32.2. The van der Waals surface area contributed by atoms with E-state index in [-0.39, 0.29) is 5.82 Å². The molecular formula is C11H8FNS. The molecule has 1 aromatic carbocycles. The molecule has 1 heterocycles. The van der Waals surface area contributed by atoms with Gasteiger partial charge in [-0.1, -0.05) is 11.8 Å². The lowest BCUT2D eigenvalue weighted by Crippen LogP contribution is -1.76. The fraction of sp³-hybridized carbons (Fsp3) is 0. The van der Waals surface area contributed by atoms with Crippen LogP contribution < -0.4 is 0 Å². The Kier molecular flexibility index (Phi) is 2.79. The SMILES string of the molecule is Fc1ccc(Sc2cccnc2)cc1. The molecule has 2 rings (SSSR count). The molecule has 3 heteroatoms. The first-order valence-corrected chi connectivity index (χ1v) is 5.00. The van der Waals surface area contributed by atoms with Gasteiger partial charge in [-0.25, -0.2) is 4.39 Å². The van der Waals surface area contributed by atoms with E-state index >= 15 is 0 Å². The molecule has 0 aliphatic heterocycles. The summed E-state index contributed by atoms with van der Waals surface area (Å²) in [7, 11) is 0. The lowest BCUT2D eigenvalue weighted by molar-refractivity contribution is 0.626. The summed E-state index contributed by atoms with van der Waals surface area (Å²) in [6.07, 6.45) is 3.52. The third-order valence-corrected chi connectivity index (χ3v) is 2.67. The maximum absolute atomic E-state index is 12.6. The molecule has 70 valence electrons. The van der Waals surface area contributed by atoms with E-state index in [4.69, 9.17) is 0 Å². The van der Waals surface area contributed by atoms with Gasteiger partial charge in [0.05, 0.1) is 0 Å². The molecule has 2 aromatic rings. The third-order valence-electron chi connectivity index (χ3n) is 1.68. The average Bonchev–Trinajstić information content (AvgIpc) is 2.23. The summed E-state index contributed by atoms with van der Waals surface area (Å²) >= 11 is 1.57. The minimum absolute atomic E-state index is 0.208. The minimum Gasteiger partial charge on any atom is -0.264 e. The molecule has 0 unspecified atom stereocenters. The maximum atomic E-state index is 12.6. The van der Waals surface area contributed by atoms with Crippen molar-refractivity contribution in [2.75, 3.05) is 0 Å². The molecule has 0 radical (unpaired) electrons. The highest BCUT2D eigenvalue weighted by Gasteiger charge is 1.96. The quantitative estimate of drug-likeness (QED) is 0.745. The van der Waals surface area contributed by atoms with Gasteiger partial charge in [0.1, 0.15) is 5.82 Å². The maximum Gasteiger partial charge on any atom is 0.123 e. The monoisotopic (exact) mass is 205 g/mol. The lowest BCUT2D eigenvalue weighted by Gasteiger charge is -1.99. The third kappa shape index (κ3) is 2.33. The highest BCUT2D eigenvalue weighted by molar-refractivity contribution is 7.99. The van der Waals surface area contributed by atoms with Gasteiger partial charge < -0.3 is 0 Å². The predicted molar refractivity (Wildman–Crippen MR) is 54.8 cm³/mol. The van der Waals surface area contributed by atoms with E-state index in [1.54, 1.807) is 36.3 Å². The van der Waals surface area contributed by atoms with Crippen LogP contribution in [0.15, 0.2) is 58.6 Å². The number of benzene rings is 1. The van der Waals surface area contributed by atoms with Crippen molar-refractivity contribution in [3.05, 3.63) is 54.6 Å². The van der Waals surface area contributed by atoms with Crippen molar-refractivity contribution in [3.63, 3.8) is 0 Å². The van der Waals surface area contributed by atoms with Crippen molar-refractivity contribution < 1.29 is 4.39 Å². The van der Waals surface area contributed by atoms with Crippen molar-refractivity contribution in [2.45, 2.75) is 9.79 Å². The van der Waals surface area contributed by atoms with E-state index in [1.165, 1.54) is 12.1 Å². The molecule has 1 nitrogen and oxygen atoms in total. The van der Waals surface area contributed by atoms with Crippen molar-refractivity contribution in [1.29, 1.82) is 0 Å². The Labute approximate surface area is 86.0 Å². The van der Waals surface area contributed by atoms with Gasteiger partial charge in [-0.3, -0.25) is 4.98 Å². The molecule has 0 N–H and O–H groups in total. The van der Waals surface area contributed by atoms with Gasteiger partial charge in [0.25, 0.3) is 0 Å². The van der Waals surface area contributed by atoms with E-state index in [0.717, 1.165) is 9.79 Å². The molecule has 0 atom stereocenters. The summed E-state index contributed by atoms with van der Waals surface area (Å²) in [5, 5.41) is 0. The fourth-order valence-corrected chi connectivity index (χ4v) is 1.85. The zero-order valence-electron chi connectivity index (χ0n) is 7.35. The number of aromatic nitrogens is 1. The molecule has 0 bridgehead atoms. The summed E-state index contributed by atoms with van der Waals surface area (Å²) in [4.78, 5) is 6.07. The van der Waals surface area contributed by atoms with E-state index < -0.39 is 0 Å². The molecule has 0 aliphatic rings. The number of halogens is 1. The van der Waals surface area contributed by atoms with Crippen LogP contribution in [0.1, 0.15) is 0 Å². The lowest BCUT2D eigenvalue weighted by atomic mass is 10.4. The molecule has 1 aromatic heterocycles. The average molecular weight is 205 g/mol. The summed E-state index contributed by atoms with van der Waals surface area (Å²) in [5.74, 6) is -0.208. The van der Waals surface area contributed by atoms with Crippen LogP contribution in [0.5, 0.6) is 0 Å². The van der Waals surface area contributed by atoms with E-state index in [2.05, 4.69) is 4.98 Å². The van der Waals surface area contributed by atoms with E-state index in [9.17, 15) is 4.39 Å². The van der Waals surface area contributed by atoms with Gasteiger partial charge in [0, 0.05) is 22.2 Å². The van der Waals surface area contributed by atoms with Gasteiger partial charge in [-0.15, -0.1) is 0 Å². The summed E-state index contributed by atoms with van der Waals surface area (Å²) < 4.78 is 12.6. The number of hydrogen-bond acceptors (Lipinski definition) is 2. The second kappa shape index (κ2) is 4.24. The van der Waals surface area contributed by atoms with Crippen LogP contribution in [0.2, 0.25) is 0 Å². The van der Waals surface area contributed by atoms with Crippen LogP contribution in [0.4, 0.5) is 4.39 Å². The predicted octanol–water partition coefficient (Wildman–Crippen LogP) is 3.37. The Morgan fingerprint density at radius 2 is 1.79 bits per heavy atom. The normalized spacial score (nSPS) is 10.1. The number of rotatable bonds is 2. The van der Waals surface area contributed by atoms with Crippen molar-refractivity contribution in [1.82, 2.24) is 4.98 Å². The Morgan fingerprint density at radius 3 is 2.43 bits per heavy atom. The van der Waals surface area contributed by atoms with Crippen LogP contribution in [0.3, 0.4) is 0 Å². The smallest absolute Gasteiger partial charge is 0.123 e. The molecule has 0 amide bonds. The topological polar surface area (TPSA) is 12.9 Å². The Hall–Kier alpha value is -1.35. The molecule has 0 spiro atoms. The highest BCUT2D eigenvalue weighted by Crippen LogP contribution is 2.26. The van der Waals surface area contributed by atoms with E-state index in [0.29, 0.717) is 0 Å². The van der Waals surface area contributed by atoms with E-state index in [1.807, 2.05) is 12.1 Å². The Morgan fingerprint density at radius 1 is 1.00 bits per heavy atom. The Balaban J connectivity index is 2.16. The zero-order valence-corrected chi connectivity index (χ0v) is 8.17. The summed E-state index contributed by atoms with van der Waals surface area (Å²) in [5.41, 5.74) is 0. The van der Waals surface area contributed by atoms with Crippen molar-refractivity contribution >= 4 is 11.8 Å². The zero-order chi connectivity index (χ0) is 9.80. The molecule has 0 saturated heterocycles.